The molecule has 2 aromatic carbocycles. The predicted octanol–water partition coefficient (Wildman–Crippen LogP) is 4.41. The van der Waals surface area contributed by atoms with Crippen molar-refractivity contribution in [2.45, 2.75) is 12.8 Å². The van der Waals surface area contributed by atoms with Crippen LogP contribution in [0.4, 0.5) is 4.39 Å². The van der Waals surface area contributed by atoms with Gasteiger partial charge in [0.25, 0.3) is 0 Å². The number of ether oxygens (including phenoxy) is 1. The van der Waals surface area contributed by atoms with Gasteiger partial charge in [0.05, 0.1) is 0 Å². The van der Waals surface area contributed by atoms with Crippen molar-refractivity contribution in [1.29, 1.82) is 0 Å². The lowest BCUT2D eigenvalue weighted by Gasteiger charge is -2.01. The molecule has 116 valence electrons. The summed E-state index contributed by atoms with van der Waals surface area (Å²) in [4.78, 5) is 16.0. The average molecular weight is 330 g/mol. The van der Waals surface area contributed by atoms with Gasteiger partial charge in [0.2, 0.25) is 0 Å². The van der Waals surface area contributed by atoms with Crippen LogP contribution in [0.25, 0.3) is 6.08 Å². The van der Waals surface area contributed by atoms with E-state index in [2.05, 4.69) is 4.99 Å². The van der Waals surface area contributed by atoms with E-state index < -0.39 is 5.97 Å². The van der Waals surface area contributed by atoms with E-state index in [9.17, 15) is 9.18 Å². The molecule has 0 amide bonds. The molecule has 1 aliphatic rings. The maximum atomic E-state index is 12.9. The Morgan fingerprint density at radius 3 is 2.65 bits per heavy atom. The third-order valence-electron chi connectivity index (χ3n) is 3.35. The van der Waals surface area contributed by atoms with Crippen LogP contribution in [0, 0.1) is 5.82 Å². The highest BCUT2D eigenvalue weighted by molar-refractivity contribution is 6.30. The van der Waals surface area contributed by atoms with Crippen molar-refractivity contribution >= 4 is 29.5 Å². The van der Waals surface area contributed by atoms with Crippen LogP contribution in [0.15, 0.2) is 59.2 Å². The average Bonchev–Trinajstić information content (AvgIpc) is 2.88. The minimum absolute atomic E-state index is 0.220. The van der Waals surface area contributed by atoms with Gasteiger partial charge in [-0.1, -0.05) is 35.9 Å². The van der Waals surface area contributed by atoms with E-state index >= 15 is 0 Å². The first-order valence-corrected chi connectivity index (χ1v) is 7.49. The highest BCUT2D eigenvalue weighted by atomic mass is 35.5. The van der Waals surface area contributed by atoms with Gasteiger partial charge < -0.3 is 4.74 Å². The van der Waals surface area contributed by atoms with Crippen molar-refractivity contribution < 1.29 is 13.9 Å². The van der Waals surface area contributed by atoms with Crippen molar-refractivity contribution in [2.24, 2.45) is 4.99 Å². The predicted molar refractivity (Wildman–Crippen MR) is 87.7 cm³/mol. The summed E-state index contributed by atoms with van der Waals surface area (Å²) in [6, 6.07) is 13.3. The molecule has 0 spiro atoms. The quantitative estimate of drug-likeness (QED) is 0.615. The van der Waals surface area contributed by atoms with E-state index in [1.165, 1.54) is 12.1 Å². The van der Waals surface area contributed by atoms with E-state index in [-0.39, 0.29) is 11.5 Å². The molecule has 0 fully saturated rings. The first-order chi connectivity index (χ1) is 11.1. The van der Waals surface area contributed by atoms with Crippen molar-refractivity contribution in [2.75, 3.05) is 0 Å². The smallest absolute Gasteiger partial charge is 0.363 e. The number of benzene rings is 2. The molecule has 5 heteroatoms. The number of rotatable bonds is 4. The van der Waals surface area contributed by atoms with Crippen molar-refractivity contribution in [3.05, 3.63) is 76.2 Å². The lowest BCUT2D eigenvalue weighted by Crippen LogP contribution is -2.05. The molecular formula is C18H13ClFNO2. The lowest BCUT2D eigenvalue weighted by molar-refractivity contribution is -0.130. The number of carbonyl (C=O) groups is 1. The number of aryl methyl sites for hydroxylation is 1. The van der Waals surface area contributed by atoms with Gasteiger partial charge in [-0.05, 0) is 47.9 Å². The Morgan fingerprint density at radius 2 is 1.91 bits per heavy atom. The number of hydrogen-bond acceptors (Lipinski definition) is 3. The molecule has 0 atom stereocenters. The molecule has 3 nitrogen and oxygen atoms in total. The number of halogens is 2. The van der Waals surface area contributed by atoms with Gasteiger partial charge in [-0.3, -0.25) is 0 Å². The largest absolute Gasteiger partial charge is 0.407 e. The summed E-state index contributed by atoms with van der Waals surface area (Å²) < 4.78 is 18.0. The molecule has 0 bridgehead atoms. The fourth-order valence-corrected chi connectivity index (χ4v) is 2.43. The Morgan fingerprint density at radius 1 is 1.13 bits per heavy atom. The van der Waals surface area contributed by atoms with E-state index in [0.29, 0.717) is 29.3 Å². The zero-order valence-electron chi connectivity index (χ0n) is 12.1. The molecule has 0 unspecified atom stereocenters. The van der Waals surface area contributed by atoms with Crippen LogP contribution in [0.5, 0.6) is 0 Å². The summed E-state index contributed by atoms with van der Waals surface area (Å²) in [7, 11) is 0. The molecule has 0 saturated carbocycles. The zero-order chi connectivity index (χ0) is 16.2. The van der Waals surface area contributed by atoms with Gasteiger partial charge in [-0.2, -0.15) is 0 Å². The summed E-state index contributed by atoms with van der Waals surface area (Å²) in [5.41, 5.74) is 1.96. The van der Waals surface area contributed by atoms with Crippen molar-refractivity contribution in [3.8, 4) is 0 Å². The molecule has 23 heavy (non-hydrogen) atoms. The first-order valence-electron chi connectivity index (χ1n) is 7.11. The van der Waals surface area contributed by atoms with Crippen LogP contribution in [0.1, 0.15) is 17.5 Å². The molecule has 0 N–H and O–H groups in total. The molecule has 1 heterocycles. The third kappa shape index (κ3) is 4.05. The van der Waals surface area contributed by atoms with Gasteiger partial charge in [-0.25, -0.2) is 14.2 Å². The first kappa shape index (κ1) is 15.4. The van der Waals surface area contributed by atoms with E-state index in [1.807, 2.05) is 24.3 Å². The second kappa shape index (κ2) is 6.75. The minimum atomic E-state index is -0.490. The minimum Gasteiger partial charge on any atom is -0.407 e. The Labute approximate surface area is 138 Å². The summed E-state index contributed by atoms with van der Waals surface area (Å²) >= 11 is 5.94. The summed E-state index contributed by atoms with van der Waals surface area (Å²) in [5, 5.41) is 0.671. The Bertz CT molecular complexity index is 797. The van der Waals surface area contributed by atoms with Crippen LogP contribution < -0.4 is 0 Å². The molecule has 0 aliphatic carbocycles. The monoisotopic (exact) mass is 329 g/mol. The van der Waals surface area contributed by atoms with E-state index in [0.717, 1.165) is 5.56 Å². The zero-order valence-corrected chi connectivity index (χ0v) is 12.9. The molecule has 0 aromatic heterocycles. The molecular weight excluding hydrogens is 317 g/mol. The summed E-state index contributed by atoms with van der Waals surface area (Å²) in [6.45, 7) is 0. The van der Waals surface area contributed by atoms with Crippen molar-refractivity contribution in [3.63, 3.8) is 0 Å². The number of nitrogens with zero attached hydrogens (tertiary/aromatic N) is 1. The Kier molecular flexibility index (Phi) is 4.53. The molecule has 1 aliphatic heterocycles. The number of hydrogen-bond donors (Lipinski definition) is 0. The number of aliphatic imine (C=N–C) groups is 1. The number of cyclic esters (lactones) is 1. The molecule has 3 rings (SSSR count). The van der Waals surface area contributed by atoms with Crippen LogP contribution in [0.2, 0.25) is 5.02 Å². The van der Waals surface area contributed by atoms with E-state index in [4.69, 9.17) is 16.3 Å². The molecule has 2 aromatic rings. The lowest BCUT2D eigenvalue weighted by atomic mass is 10.1. The van der Waals surface area contributed by atoms with Gasteiger partial charge in [0.1, 0.15) is 5.82 Å². The second-order valence-electron chi connectivity index (χ2n) is 5.11. The highest BCUT2D eigenvalue weighted by Gasteiger charge is 2.22. The molecule has 0 saturated heterocycles. The normalized spacial score (nSPS) is 15.7. The van der Waals surface area contributed by atoms with Crippen molar-refractivity contribution in [1.82, 2.24) is 0 Å². The van der Waals surface area contributed by atoms with Gasteiger partial charge in [0.15, 0.2) is 11.6 Å². The third-order valence-corrected chi connectivity index (χ3v) is 3.59. The van der Waals surface area contributed by atoms with Gasteiger partial charge in [-0.15, -0.1) is 0 Å². The van der Waals surface area contributed by atoms with E-state index in [1.54, 1.807) is 18.2 Å². The van der Waals surface area contributed by atoms with Crippen LogP contribution in [-0.4, -0.2) is 11.9 Å². The standard InChI is InChI=1S/C18H13ClFNO2/c19-14-3-1-2-12(10-14)6-9-17-21-16(18(22)23-17)11-13-4-7-15(20)8-5-13/h1-5,7-8,10-11H,6,9H2/b16-11+. The van der Waals surface area contributed by atoms with Crippen LogP contribution in [-0.2, 0) is 16.0 Å². The number of carbonyl (C=O) groups excluding carboxylic acids is 1. The fraction of sp³-hybridized carbons (Fsp3) is 0.111. The highest BCUT2D eigenvalue weighted by Crippen LogP contribution is 2.19. The second-order valence-corrected chi connectivity index (χ2v) is 5.54. The summed E-state index contributed by atoms with van der Waals surface area (Å²) in [5.74, 6) is -0.439. The maximum Gasteiger partial charge on any atom is 0.363 e. The Balaban J connectivity index is 1.70. The summed E-state index contributed by atoms with van der Waals surface area (Å²) in [6.07, 6.45) is 2.76. The van der Waals surface area contributed by atoms with Crippen LogP contribution in [0.3, 0.4) is 0 Å². The maximum absolute atomic E-state index is 12.9. The Hall–Kier alpha value is -2.46. The SMILES string of the molecule is O=C1OC(CCc2cccc(Cl)c2)=N/C1=C/c1ccc(F)cc1. The van der Waals surface area contributed by atoms with Gasteiger partial charge in [0, 0.05) is 11.4 Å². The topological polar surface area (TPSA) is 38.7 Å². The fourth-order valence-electron chi connectivity index (χ4n) is 2.22. The van der Waals surface area contributed by atoms with Crippen LogP contribution >= 0.6 is 11.6 Å². The molecule has 0 radical (unpaired) electrons. The van der Waals surface area contributed by atoms with Gasteiger partial charge >= 0.3 is 5.97 Å². The number of esters is 1.